The number of hydrogen-bond donors (Lipinski definition) is 1. The first-order valence-electron chi connectivity index (χ1n) is 9.03. The Morgan fingerprint density at radius 1 is 1.07 bits per heavy atom. The van der Waals surface area contributed by atoms with Crippen LogP contribution in [0.4, 0.5) is 5.69 Å². The van der Waals surface area contributed by atoms with Crippen LogP contribution in [-0.4, -0.2) is 23.4 Å². The summed E-state index contributed by atoms with van der Waals surface area (Å²) in [6, 6.07) is 15.1. The molecule has 0 radical (unpaired) electrons. The van der Waals surface area contributed by atoms with Crippen LogP contribution in [0.1, 0.15) is 16.7 Å². The van der Waals surface area contributed by atoms with Gasteiger partial charge in [-0.2, -0.15) is 0 Å². The molecule has 6 heteroatoms. The number of nitrogens with zero attached hydrogens (tertiary/aromatic N) is 2. The van der Waals surface area contributed by atoms with Crippen molar-refractivity contribution in [1.29, 1.82) is 0 Å². The van der Waals surface area contributed by atoms with Gasteiger partial charge in [0, 0.05) is 21.8 Å². The number of aliphatic imine (C=N–C) groups is 1. The molecule has 4 aromatic rings. The highest BCUT2D eigenvalue weighted by molar-refractivity contribution is 9.10. The van der Waals surface area contributed by atoms with Crippen molar-refractivity contribution < 1.29 is 14.3 Å². The average Bonchev–Trinajstić information content (AvgIpc) is 3.11. The van der Waals surface area contributed by atoms with Crippen LogP contribution in [-0.2, 0) is 0 Å². The monoisotopic (exact) mass is 450 g/mol. The maximum atomic E-state index is 10.2. The van der Waals surface area contributed by atoms with Crippen molar-refractivity contribution in [1.82, 2.24) is 4.98 Å². The number of benzene rings is 3. The van der Waals surface area contributed by atoms with E-state index < -0.39 is 0 Å². The number of rotatable bonds is 4. The summed E-state index contributed by atoms with van der Waals surface area (Å²) in [5.74, 6) is 1.01. The normalized spacial score (nSPS) is 11.4. The molecule has 0 aliphatic heterocycles. The average molecular weight is 451 g/mol. The highest BCUT2D eigenvalue weighted by atomic mass is 79.9. The summed E-state index contributed by atoms with van der Waals surface area (Å²) >= 11 is 3.40. The summed E-state index contributed by atoms with van der Waals surface area (Å²) < 4.78 is 11.9. The molecule has 0 fully saturated rings. The molecule has 0 saturated heterocycles. The molecule has 0 aliphatic rings. The SMILES string of the molecule is COc1cc(Br)cc(C=Nc2ccc(-c3nc4cc(C)c(C)cc4o3)cc2)c1O. The quantitative estimate of drug-likeness (QED) is 0.368. The van der Waals surface area contributed by atoms with Crippen molar-refractivity contribution in [2.45, 2.75) is 13.8 Å². The number of halogens is 1. The fraction of sp³-hybridized carbons (Fsp3) is 0.130. The molecular weight excluding hydrogens is 432 g/mol. The van der Waals surface area contributed by atoms with E-state index >= 15 is 0 Å². The number of phenolic OH excluding ortho intramolecular Hbond substituents is 1. The summed E-state index contributed by atoms with van der Waals surface area (Å²) in [5.41, 5.74) is 6.18. The van der Waals surface area contributed by atoms with Gasteiger partial charge in [0.1, 0.15) is 5.52 Å². The first kappa shape index (κ1) is 19.2. The third-order valence-electron chi connectivity index (χ3n) is 4.76. The molecular formula is C23H19BrN2O3. The van der Waals surface area contributed by atoms with Gasteiger partial charge in [-0.3, -0.25) is 4.99 Å². The third kappa shape index (κ3) is 3.89. The Balaban J connectivity index is 1.60. The van der Waals surface area contributed by atoms with E-state index in [2.05, 4.69) is 39.8 Å². The molecule has 0 spiro atoms. The number of aromatic hydroxyl groups is 1. The fourth-order valence-electron chi connectivity index (χ4n) is 2.99. The first-order chi connectivity index (χ1) is 13.9. The molecule has 0 amide bonds. The molecule has 0 aliphatic carbocycles. The van der Waals surface area contributed by atoms with Crippen LogP contribution in [0.3, 0.4) is 0 Å². The molecule has 4 rings (SSSR count). The van der Waals surface area contributed by atoms with Crippen molar-refractivity contribution in [2.75, 3.05) is 7.11 Å². The molecule has 0 unspecified atom stereocenters. The lowest BCUT2D eigenvalue weighted by molar-refractivity contribution is 0.373. The fourth-order valence-corrected chi connectivity index (χ4v) is 3.44. The largest absolute Gasteiger partial charge is 0.504 e. The zero-order chi connectivity index (χ0) is 20.5. The Labute approximate surface area is 176 Å². The van der Waals surface area contributed by atoms with Gasteiger partial charge in [-0.15, -0.1) is 0 Å². The molecule has 0 bridgehead atoms. The van der Waals surface area contributed by atoms with Gasteiger partial charge in [-0.05, 0) is 73.5 Å². The maximum absolute atomic E-state index is 10.2. The van der Waals surface area contributed by atoms with Gasteiger partial charge in [-0.1, -0.05) is 15.9 Å². The Kier molecular flexibility index (Phi) is 5.11. The van der Waals surface area contributed by atoms with Gasteiger partial charge in [0.2, 0.25) is 5.89 Å². The lowest BCUT2D eigenvalue weighted by Gasteiger charge is -2.06. The number of aromatic nitrogens is 1. The predicted octanol–water partition coefficient (Wildman–Crippen LogP) is 6.34. The second kappa shape index (κ2) is 7.72. The lowest BCUT2D eigenvalue weighted by Crippen LogP contribution is -1.89. The van der Waals surface area contributed by atoms with E-state index in [0.29, 0.717) is 17.2 Å². The molecule has 0 atom stereocenters. The summed E-state index contributed by atoms with van der Waals surface area (Å²) in [4.78, 5) is 9.03. The van der Waals surface area contributed by atoms with Gasteiger partial charge in [0.25, 0.3) is 0 Å². The summed E-state index contributed by atoms with van der Waals surface area (Å²) in [7, 11) is 1.51. The van der Waals surface area contributed by atoms with Crippen molar-refractivity contribution >= 4 is 38.9 Å². The van der Waals surface area contributed by atoms with Crippen LogP contribution in [0, 0.1) is 13.8 Å². The van der Waals surface area contributed by atoms with Gasteiger partial charge in [-0.25, -0.2) is 4.98 Å². The van der Waals surface area contributed by atoms with E-state index in [4.69, 9.17) is 9.15 Å². The van der Waals surface area contributed by atoms with E-state index in [9.17, 15) is 5.11 Å². The van der Waals surface area contributed by atoms with Crippen LogP contribution in [0.25, 0.3) is 22.6 Å². The predicted molar refractivity (Wildman–Crippen MR) is 119 cm³/mol. The minimum Gasteiger partial charge on any atom is -0.504 e. The number of fused-ring (bicyclic) bond motifs is 1. The van der Waals surface area contributed by atoms with Gasteiger partial charge >= 0.3 is 0 Å². The summed E-state index contributed by atoms with van der Waals surface area (Å²) in [6.45, 7) is 4.12. The number of phenols is 1. The number of methoxy groups -OCH3 is 1. The molecule has 1 N–H and O–H groups in total. The first-order valence-corrected chi connectivity index (χ1v) is 9.82. The second-order valence-corrected chi connectivity index (χ2v) is 7.69. The van der Waals surface area contributed by atoms with Crippen LogP contribution in [0.15, 0.2) is 62.4 Å². The zero-order valence-electron chi connectivity index (χ0n) is 16.2. The van der Waals surface area contributed by atoms with E-state index in [0.717, 1.165) is 26.8 Å². The number of hydrogen-bond acceptors (Lipinski definition) is 5. The van der Waals surface area contributed by atoms with E-state index in [1.807, 2.05) is 36.4 Å². The molecule has 1 aromatic heterocycles. The minimum atomic E-state index is 0.0492. The number of aryl methyl sites for hydroxylation is 2. The van der Waals surface area contributed by atoms with Crippen LogP contribution >= 0.6 is 15.9 Å². The highest BCUT2D eigenvalue weighted by Gasteiger charge is 2.10. The zero-order valence-corrected chi connectivity index (χ0v) is 17.8. The number of oxazole rings is 1. The molecule has 146 valence electrons. The van der Waals surface area contributed by atoms with E-state index in [-0.39, 0.29) is 5.75 Å². The van der Waals surface area contributed by atoms with Crippen LogP contribution in [0.2, 0.25) is 0 Å². The van der Waals surface area contributed by atoms with Crippen molar-refractivity contribution in [3.8, 4) is 23.0 Å². The standard InChI is InChI=1S/C23H19BrN2O3/c1-13-8-19-20(9-14(13)2)29-23(26-19)15-4-6-18(7-5-15)25-12-16-10-17(24)11-21(28-3)22(16)27/h4-12,27H,1-3H3. The minimum absolute atomic E-state index is 0.0492. The van der Waals surface area contributed by atoms with Crippen LogP contribution < -0.4 is 4.74 Å². The molecule has 3 aromatic carbocycles. The summed E-state index contributed by atoms with van der Waals surface area (Å²) in [6.07, 6.45) is 1.60. The molecule has 1 heterocycles. The van der Waals surface area contributed by atoms with Gasteiger partial charge < -0.3 is 14.3 Å². The van der Waals surface area contributed by atoms with E-state index in [1.54, 1.807) is 18.3 Å². The van der Waals surface area contributed by atoms with Crippen molar-refractivity contribution in [3.05, 3.63) is 69.7 Å². The van der Waals surface area contributed by atoms with Crippen LogP contribution in [0.5, 0.6) is 11.5 Å². The second-order valence-electron chi connectivity index (χ2n) is 6.77. The Hall–Kier alpha value is -3.12. The Bertz CT molecular complexity index is 1190. The highest BCUT2D eigenvalue weighted by Crippen LogP contribution is 2.33. The lowest BCUT2D eigenvalue weighted by atomic mass is 10.1. The Morgan fingerprint density at radius 3 is 2.52 bits per heavy atom. The molecule has 29 heavy (non-hydrogen) atoms. The maximum Gasteiger partial charge on any atom is 0.227 e. The Morgan fingerprint density at radius 2 is 1.79 bits per heavy atom. The third-order valence-corrected chi connectivity index (χ3v) is 5.22. The summed E-state index contributed by atoms with van der Waals surface area (Å²) in [5, 5.41) is 10.2. The molecule has 0 saturated carbocycles. The number of ether oxygens (including phenoxy) is 1. The van der Waals surface area contributed by atoms with E-state index in [1.165, 1.54) is 18.2 Å². The van der Waals surface area contributed by atoms with Gasteiger partial charge in [0.15, 0.2) is 17.1 Å². The van der Waals surface area contributed by atoms with Crippen molar-refractivity contribution in [2.24, 2.45) is 4.99 Å². The van der Waals surface area contributed by atoms with Gasteiger partial charge in [0.05, 0.1) is 12.8 Å². The smallest absolute Gasteiger partial charge is 0.227 e. The van der Waals surface area contributed by atoms with Crippen molar-refractivity contribution in [3.63, 3.8) is 0 Å². The topological polar surface area (TPSA) is 67.9 Å². The molecule has 5 nitrogen and oxygen atoms in total.